The molecule has 0 radical (unpaired) electrons. The Labute approximate surface area is 148 Å². The lowest BCUT2D eigenvalue weighted by Crippen LogP contribution is -2.30. The van der Waals surface area contributed by atoms with Crippen molar-refractivity contribution in [2.45, 2.75) is 32.6 Å². The van der Waals surface area contributed by atoms with Crippen LogP contribution in [0.3, 0.4) is 0 Å². The minimum atomic E-state index is 0.0823. The third-order valence-electron chi connectivity index (χ3n) is 4.59. The van der Waals surface area contributed by atoms with Crippen LogP contribution in [0.25, 0.3) is 10.8 Å². The number of aryl methyl sites for hydroxylation is 2. The Kier molecular flexibility index (Phi) is 4.12. The Morgan fingerprint density at radius 3 is 2.96 bits per heavy atom. The Bertz CT molecular complexity index is 864. The van der Waals surface area contributed by atoms with E-state index in [1.807, 2.05) is 36.3 Å². The number of aromatic nitrogens is 3. The molecule has 0 bridgehead atoms. The number of nitrogens with zero attached hydrogens (tertiary/aromatic N) is 4. The number of carbonyl (C=O) groups excluding carboxylic acids is 1. The zero-order chi connectivity index (χ0) is 17.4. The van der Waals surface area contributed by atoms with Crippen LogP contribution in [-0.2, 0) is 11.2 Å². The van der Waals surface area contributed by atoms with E-state index in [2.05, 4.69) is 15.3 Å². The molecule has 25 heavy (non-hydrogen) atoms. The van der Waals surface area contributed by atoms with Crippen LogP contribution in [0.5, 0.6) is 0 Å². The molecule has 3 aromatic heterocycles. The largest absolute Gasteiger partial charge is 0.361 e. The highest BCUT2D eigenvalue weighted by atomic mass is 32.1. The van der Waals surface area contributed by atoms with Gasteiger partial charge in [0, 0.05) is 24.6 Å². The minimum absolute atomic E-state index is 0.0823. The van der Waals surface area contributed by atoms with Crippen LogP contribution in [0.15, 0.2) is 26.6 Å². The van der Waals surface area contributed by atoms with Gasteiger partial charge < -0.3 is 13.9 Å². The second-order valence-electron chi connectivity index (χ2n) is 6.24. The molecular formula is C17H18N4O3S. The van der Waals surface area contributed by atoms with Gasteiger partial charge in [0.05, 0.1) is 17.0 Å². The summed E-state index contributed by atoms with van der Waals surface area (Å²) < 4.78 is 10.5. The molecular weight excluding hydrogens is 340 g/mol. The van der Waals surface area contributed by atoms with E-state index in [1.165, 1.54) is 0 Å². The molecule has 1 aliphatic rings. The van der Waals surface area contributed by atoms with Crippen molar-refractivity contribution in [3.63, 3.8) is 0 Å². The lowest BCUT2D eigenvalue weighted by Gasteiger charge is -2.15. The van der Waals surface area contributed by atoms with Crippen molar-refractivity contribution in [1.82, 2.24) is 20.2 Å². The summed E-state index contributed by atoms with van der Waals surface area (Å²) in [5.74, 6) is 2.13. The van der Waals surface area contributed by atoms with E-state index < -0.39 is 0 Å². The highest BCUT2D eigenvalue weighted by Crippen LogP contribution is 2.29. The van der Waals surface area contributed by atoms with Gasteiger partial charge in [-0.2, -0.15) is 4.98 Å². The lowest BCUT2D eigenvalue weighted by molar-refractivity contribution is -0.129. The van der Waals surface area contributed by atoms with Gasteiger partial charge in [-0.05, 0) is 31.7 Å². The number of thiophene rings is 1. The van der Waals surface area contributed by atoms with Gasteiger partial charge in [-0.1, -0.05) is 16.4 Å². The maximum Gasteiger partial charge on any atom is 0.267 e. The van der Waals surface area contributed by atoms with Gasteiger partial charge >= 0.3 is 0 Å². The molecule has 1 atom stereocenters. The monoisotopic (exact) mass is 358 g/mol. The third kappa shape index (κ3) is 3.09. The molecule has 3 aromatic rings. The average Bonchev–Trinajstić information content (AvgIpc) is 3.36. The summed E-state index contributed by atoms with van der Waals surface area (Å²) in [4.78, 5) is 19.9. The SMILES string of the molecule is Cc1noc(C)c1CC(=O)N1CCC(c2noc(-c3cccs3)n2)C1. The first-order valence-electron chi connectivity index (χ1n) is 8.19. The number of hydrogen-bond acceptors (Lipinski definition) is 7. The summed E-state index contributed by atoms with van der Waals surface area (Å²) in [6.07, 6.45) is 1.16. The van der Waals surface area contributed by atoms with Crippen molar-refractivity contribution in [2.24, 2.45) is 0 Å². The second kappa shape index (κ2) is 6.44. The fraction of sp³-hybridized carbons (Fsp3) is 0.412. The molecule has 0 N–H and O–H groups in total. The molecule has 130 valence electrons. The van der Waals surface area contributed by atoms with Crippen LogP contribution < -0.4 is 0 Å². The Morgan fingerprint density at radius 2 is 2.24 bits per heavy atom. The number of amides is 1. The van der Waals surface area contributed by atoms with Crippen molar-refractivity contribution in [2.75, 3.05) is 13.1 Å². The molecule has 0 saturated carbocycles. The highest BCUT2D eigenvalue weighted by Gasteiger charge is 2.31. The molecule has 0 aromatic carbocycles. The van der Waals surface area contributed by atoms with Crippen LogP contribution in [-0.4, -0.2) is 39.2 Å². The van der Waals surface area contributed by atoms with Crippen molar-refractivity contribution in [3.05, 3.63) is 40.4 Å². The summed E-state index contributed by atoms with van der Waals surface area (Å²) in [6, 6.07) is 3.91. The van der Waals surface area contributed by atoms with Crippen LogP contribution in [0, 0.1) is 13.8 Å². The summed E-state index contributed by atoms with van der Waals surface area (Å²) in [6.45, 7) is 5.01. The van der Waals surface area contributed by atoms with E-state index in [4.69, 9.17) is 9.05 Å². The van der Waals surface area contributed by atoms with Gasteiger partial charge in [0.15, 0.2) is 5.82 Å². The summed E-state index contributed by atoms with van der Waals surface area (Å²) in [5, 5.41) is 9.99. The third-order valence-corrected chi connectivity index (χ3v) is 5.45. The molecule has 0 spiro atoms. The lowest BCUT2D eigenvalue weighted by atomic mass is 10.1. The van der Waals surface area contributed by atoms with Gasteiger partial charge in [-0.25, -0.2) is 0 Å². The normalized spacial score (nSPS) is 17.4. The average molecular weight is 358 g/mol. The van der Waals surface area contributed by atoms with Gasteiger partial charge in [-0.15, -0.1) is 11.3 Å². The van der Waals surface area contributed by atoms with E-state index >= 15 is 0 Å². The van der Waals surface area contributed by atoms with Crippen LogP contribution >= 0.6 is 11.3 Å². The van der Waals surface area contributed by atoms with Crippen molar-refractivity contribution < 1.29 is 13.8 Å². The quantitative estimate of drug-likeness (QED) is 0.713. The van der Waals surface area contributed by atoms with Crippen molar-refractivity contribution in [3.8, 4) is 10.8 Å². The molecule has 0 aliphatic carbocycles. The second-order valence-corrected chi connectivity index (χ2v) is 7.19. The van der Waals surface area contributed by atoms with E-state index in [0.717, 1.165) is 22.6 Å². The van der Waals surface area contributed by atoms with E-state index in [1.54, 1.807) is 11.3 Å². The van der Waals surface area contributed by atoms with Gasteiger partial charge in [0.25, 0.3) is 5.89 Å². The molecule has 1 fully saturated rings. The molecule has 4 heterocycles. The van der Waals surface area contributed by atoms with Crippen LogP contribution in [0.4, 0.5) is 0 Å². The summed E-state index contributed by atoms with van der Waals surface area (Å²) in [7, 11) is 0. The standard InChI is InChI=1S/C17H18N4O3S/c1-10-13(11(2)23-19-10)8-15(22)21-6-5-12(9-21)16-18-17(24-20-16)14-4-3-7-25-14/h3-4,7,12H,5-6,8-9H2,1-2H3. The molecule has 1 unspecified atom stereocenters. The number of rotatable bonds is 4. The van der Waals surface area contributed by atoms with E-state index in [-0.39, 0.29) is 11.8 Å². The zero-order valence-electron chi connectivity index (χ0n) is 14.1. The van der Waals surface area contributed by atoms with Crippen LogP contribution in [0.1, 0.15) is 35.2 Å². The van der Waals surface area contributed by atoms with Gasteiger partial charge in [-0.3, -0.25) is 4.79 Å². The Hall–Kier alpha value is -2.48. The van der Waals surface area contributed by atoms with Crippen molar-refractivity contribution in [1.29, 1.82) is 0 Å². The minimum Gasteiger partial charge on any atom is -0.361 e. The number of hydrogen-bond donors (Lipinski definition) is 0. The maximum atomic E-state index is 12.6. The zero-order valence-corrected chi connectivity index (χ0v) is 14.9. The molecule has 1 aliphatic heterocycles. The smallest absolute Gasteiger partial charge is 0.267 e. The number of likely N-dealkylation sites (tertiary alicyclic amines) is 1. The predicted molar refractivity (Wildman–Crippen MR) is 91.2 cm³/mol. The topological polar surface area (TPSA) is 85.3 Å². The molecule has 7 nitrogen and oxygen atoms in total. The fourth-order valence-corrected chi connectivity index (χ4v) is 3.76. The van der Waals surface area contributed by atoms with Gasteiger partial charge in [0.1, 0.15) is 5.76 Å². The summed E-state index contributed by atoms with van der Waals surface area (Å²) in [5.41, 5.74) is 1.66. The van der Waals surface area contributed by atoms with Gasteiger partial charge in [0.2, 0.25) is 5.91 Å². The molecule has 4 rings (SSSR count). The molecule has 1 saturated heterocycles. The van der Waals surface area contributed by atoms with E-state index in [0.29, 0.717) is 37.0 Å². The summed E-state index contributed by atoms with van der Waals surface area (Å²) >= 11 is 1.57. The Balaban J connectivity index is 1.42. The predicted octanol–water partition coefficient (Wildman–Crippen LogP) is 2.96. The fourth-order valence-electron chi connectivity index (χ4n) is 3.12. The number of carbonyl (C=O) groups is 1. The Morgan fingerprint density at radius 1 is 1.36 bits per heavy atom. The first-order valence-corrected chi connectivity index (χ1v) is 9.07. The highest BCUT2D eigenvalue weighted by molar-refractivity contribution is 7.13. The first kappa shape index (κ1) is 16.0. The van der Waals surface area contributed by atoms with Crippen LogP contribution in [0.2, 0.25) is 0 Å². The molecule has 8 heteroatoms. The maximum absolute atomic E-state index is 12.6. The molecule has 1 amide bonds. The van der Waals surface area contributed by atoms with E-state index in [9.17, 15) is 4.79 Å². The first-order chi connectivity index (χ1) is 12.1. The van der Waals surface area contributed by atoms with Crippen molar-refractivity contribution >= 4 is 17.2 Å².